The zero-order valence-electron chi connectivity index (χ0n) is 47.7. The molecule has 0 unspecified atom stereocenters. The van der Waals surface area contributed by atoms with E-state index in [9.17, 15) is 9.60 Å². The van der Waals surface area contributed by atoms with Crippen molar-refractivity contribution in [3.63, 3.8) is 0 Å². The van der Waals surface area contributed by atoms with Gasteiger partial charge in [0.05, 0.1) is 26.7 Å². The summed E-state index contributed by atoms with van der Waals surface area (Å²) in [6.07, 6.45) is 0.0905. The van der Waals surface area contributed by atoms with Gasteiger partial charge in [-0.25, -0.2) is 0 Å². The highest BCUT2D eigenvalue weighted by atomic mass is 16.3. The van der Waals surface area contributed by atoms with E-state index >= 15 is 0 Å². The summed E-state index contributed by atoms with van der Waals surface area (Å²) in [6, 6.07) is 40.3. The van der Waals surface area contributed by atoms with Crippen LogP contribution in [0, 0.1) is 0 Å². The first-order chi connectivity index (χ1) is 36.1. The van der Waals surface area contributed by atoms with Crippen LogP contribution in [0.15, 0.2) is 205 Å². The first kappa shape index (κ1) is 30.6. The second-order valence-corrected chi connectivity index (χ2v) is 17.7. The average molecular weight is 855 g/mol. The molecule has 0 N–H and O–H groups in total. The Hall–Kier alpha value is -7.43. The molecule has 4 heterocycles. The molecule has 0 aliphatic carbocycles. The molecule has 4 nitrogen and oxygen atoms in total. The lowest BCUT2D eigenvalue weighted by molar-refractivity contribution is 0.512. The molecule has 0 fully saturated rings. The number of fused-ring (bicyclic) bond motifs is 3. The van der Waals surface area contributed by atoms with Crippen LogP contribution in [0.4, 0.5) is 0 Å². The highest BCUT2D eigenvalue weighted by Crippen LogP contribution is 2.37. The molecule has 0 radical (unpaired) electrons. The number of aromatic nitrogens is 3. The van der Waals surface area contributed by atoms with Gasteiger partial charge in [0, 0.05) is 51.5 Å². The molecule has 10 aromatic rings. The molecule has 0 saturated heterocycles. The smallest absolute Gasteiger partial charge is 0.136 e. The van der Waals surface area contributed by atoms with Crippen LogP contribution in [0.5, 0.6) is 0 Å². The van der Waals surface area contributed by atoms with Crippen molar-refractivity contribution in [1.29, 1.82) is 0 Å². The quantitative estimate of drug-likeness (QED) is 0.116. The van der Waals surface area contributed by atoms with Gasteiger partial charge in [-0.1, -0.05) is 173 Å². The summed E-state index contributed by atoms with van der Waals surface area (Å²) in [4.78, 5) is 14.3. The van der Waals surface area contributed by atoms with E-state index in [2.05, 4.69) is 50.9 Å². The van der Waals surface area contributed by atoms with Crippen molar-refractivity contribution in [2.75, 3.05) is 0 Å². The molecule has 0 bridgehead atoms. The van der Waals surface area contributed by atoms with Gasteiger partial charge in [-0.05, 0) is 117 Å². The molecule has 4 aromatic heterocycles. The summed E-state index contributed by atoms with van der Waals surface area (Å²) in [5, 5.41) is -0.298. The Bertz CT molecular complexity index is 3710. The highest BCUT2D eigenvalue weighted by Gasteiger charge is 2.26. The third kappa shape index (κ3) is 9.03. The average Bonchev–Trinajstić information content (AvgIpc) is 3.84. The van der Waals surface area contributed by atoms with Gasteiger partial charge < -0.3 is 4.42 Å². The maximum atomic E-state index is 10.0. The first-order valence-corrected chi connectivity index (χ1v) is 21.7. The van der Waals surface area contributed by atoms with Gasteiger partial charge in [0.15, 0.2) is 0 Å². The van der Waals surface area contributed by atoms with Crippen molar-refractivity contribution in [2.45, 2.75) is 64.1 Å². The van der Waals surface area contributed by atoms with Gasteiger partial charge >= 0.3 is 0 Å². The number of furan rings is 1. The van der Waals surface area contributed by atoms with Crippen LogP contribution in [0.2, 0.25) is 0 Å². The molecule has 0 aliphatic rings. The van der Waals surface area contributed by atoms with Crippen LogP contribution >= 0.6 is 0 Å². The summed E-state index contributed by atoms with van der Waals surface area (Å²) in [5.41, 5.74) is 5.87. The van der Waals surface area contributed by atoms with E-state index in [0.717, 1.165) is 44.8 Å². The molecule has 4 heteroatoms. The Labute approximate surface area is 398 Å². The normalized spacial score (nSPS) is 14.8. The van der Waals surface area contributed by atoms with Crippen LogP contribution in [-0.2, 0) is 36.4 Å². The zero-order chi connectivity index (χ0) is 54.1. The third-order valence-corrected chi connectivity index (χ3v) is 12.0. The molecule has 318 valence electrons. The van der Waals surface area contributed by atoms with E-state index in [1.807, 2.05) is 91.3 Å². The van der Waals surface area contributed by atoms with Gasteiger partial charge in [-0.2, -0.15) is 0 Å². The lowest BCUT2D eigenvalue weighted by Gasteiger charge is -2.28. The van der Waals surface area contributed by atoms with Crippen molar-refractivity contribution in [3.05, 3.63) is 234 Å². The number of nitrogens with zero attached hydrogens (tertiary/aromatic N) is 3. The summed E-state index contributed by atoms with van der Waals surface area (Å²) < 4.78 is 108. The van der Waals surface area contributed by atoms with Gasteiger partial charge in [-0.15, -0.1) is 0 Å². The predicted molar refractivity (Wildman–Crippen MR) is 269 cm³/mol. The molecular weight excluding hydrogens is 791 g/mol. The SMILES string of the molecule is [2H]c1c([2H])c([2H])c2c(oc3c([2H])c(-c4cc(-c5ccccc5)ncc4C([2H])([2H])C([2H])([2H])c4cc(CC(C)(C)c5ccc(-c6ccccc6)nc5)cc(CC(C)(C)c5ccc(-c6ccccc6)nc5)c4)c([2H])c([2H])c32)c1[2H]. The fourth-order valence-electron chi connectivity index (χ4n) is 8.51. The Kier molecular flexibility index (Phi) is 8.30. The Morgan fingerprint density at radius 3 is 1.54 bits per heavy atom. The molecule has 65 heavy (non-hydrogen) atoms. The monoisotopic (exact) mass is 854 g/mol. The van der Waals surface area contributed by atoms with E-state index in [4.69, 9.17) is 19.9 Å². The molecule has 0 amide bonds. The van der Waals surface area contributed by atoms with Gasteiger partial charge in [0.2, 0.25) is 0 Å². The van der Waals surface area contributed by atoms with E-state index in [1.165, 1.54) is 12.3 Å². The molecule has 0 atom stereocenters. The van der Waals surface area contributed by atoms with Crippen LogP contribution in [0.1, 0.15) is 76.2 Å². The molecule has 0 spiro atoms. The lowest BCUT2D eigenvalue weighted by atomic mass is 9.77. The van der Waals surface area contributed by atoms with Gasteiger partial charge in [-0.3, -0.25) is 15.0 Å². The number of rotatable bonds is 13. The number of benzene rings is 6. The van der Waals surface area contributed by atoms with Crippen molar-refractivity contribution >= 4 is 21.9 Å². The topological polar surface area (TPSA) is 51.8 Å². The molecular formula is C61H53N3O. The minimum Gasteiger partial charge on any atom is -0.456 e. The minimum absolute atomic E-state index is 0.0549. The van der Waals surface area contributed by atoms with E-state index in [-0.39, 0.29) is 44.2 Å². The van der Waals surface area contributed by atoms with Crippen LogP contribution in [0.3, 0.4) is 0 Å². The number of para-hydroxylation sites is 1. The van der Waals surface area contributed by atoms with Crippen LogP contribution in [-0.4, -0.2) is 15.0 Å². The Balaban J connectivity index is 1.12. The van der Waals surface area contributed by atoms with Crippen molar-refractivity contribution in [1.82, 2.24) is 15.0 Å². The number of pyridine rings is 3. The van der Waals surface area contributed by atoms with Crippen LogP contribution in [0.25, 0.3) is 66.8 Å². The van der Waals surface area contributed by atoms with E-state index in [1.54, 1.807) is 36.4 Å². The number of hydrogen-bond acceptors (Lipinski definition) is 4. The zero-order valence-corrected chi connectivity index (χ0v) is 36.7. The first-order valence-electron chi connectivity index (χ1n) is 27.2. The Morgan fingerprint density at radius 2 is 0.985 bits per heavy atom. The predicted octanol–water partition coefficient (Wildman–Crippen LogP) is 15.3. The number of aryl methyl sites for hydroxylation is 2. The van der Waals surface area contributed by atoms with Crippen molar-refractivity contribution in [3.8, 4) is 44.9 Å². The van der Waals surface area contributed by atoms with Crippen molar-refractivity contribution < 1.29 is 19.5 Å². The fourth-order valence-corrected chi connectivity index (χ4v) is 8.51. The maximum absolute atomic E-state index is 10.0. The summed E-state index contributed by atoms with van der Waals surface area (Å²) in [5.74, 6) is 0. The second kappa shape index (κ2) is 17.6. The molecule has 0 saturated carbocycles. The minimum atomic E-state index is -2.94. The van der Waals surface area contributed by atoms with Gasteiger partial charge in [0.1, 0.15) is 11.2 Å². The number of hydrogen-bond donors (Lipinski definition) is 0. The summed E-state index contributed by atoms with van der Waals surface area (Å²) >= 11 is 0. The molecule has 0 aliphatic heterocycles. The summed E-state index contributed by atoms with van der Waals surface area (Å²) in [6.45, 7) is 8.41. The standard InChI is InChI=1S/C61H53N3O/c1-60(2,50-27-30-55(63-40-50)45-16-8-5-9-17-45)37-43-32-42(33-44(34-43)38-61(3,4)51-28-31-56(64-41-51)46-18-10-6-11-19-46)24-25-49-39-62-57(47-20-12-7-13-21-47)36-54(49)48-26-29-53-52-22-14-15-23-58(52)65-59(53)35-48/h5-23,26-36,39-41H,24-25,37-38H2,1-4H3/i14D,15D,22D,23D,24D2,25D2,26D,29D,35D. The fraction of sp³-hybridized carbons (Fsp3) is 0.164. The molecule has 10 rings (SSSR count). The summed E-state index contributed by atoms with van der Waals surface area (Å²) in [7, 11) is 0. The van der Waals surface area contributed by atoms with E-state index in [0.29, 0.717) is 24.1 Å². The maximum Gasteiger partial charge on any atom is 0.136 e. The lowest BCUT2D eigenvalue weighted by Crippen LogP contribution is -2.23. The third-order valence-electron chi connectivity index (χ3n) is 12.0. The van der Waals surface area contributed by atoms with Crippen LogP contribution < -0.4 is 0 Å². The van der Waals surface area contributed by atoms with E-state index < -0.39 is 65.9 Å². The van der Waals surface area contributed by atoms with Crippen molar-refractivity contribution in [2.24, 2.45) is 0 Å². The Morgan fingerprint density at radius 1 is 0.477 bits per heavy atom. The van der Waals surface area contributed by atoms with Gasteiger partial charge in [0.25, 0.3) is 0 Å². The highest BCUT2D eigenvalue weighted by molar-refractivity contribution is 6.06. The second-order valence-electron chi connectivity index (χ2n) is 17.7. The molecule has 6 aromatic carbocycles. The largest absolute Gasteiger partial charge is 0.456 e.